The quantitative estimate of drug-likeness (QED) is 0.498. The highest BCUT2D eigenvalue weighted by Crippen LogP contribution is 2.30. The van der Waals surface area contributed by atoms with Gasteiger partial charge in [-0.05, 0) is 61.8 Å². The third-order valence-corrected chi connectivity index (χ3v) is 7.10. The lowest BCUT2D eigenvalue weighted by atomic mass is 9.93. The first kappa shape index (κ1) is 25.1. The molecule has 0 saturated carbocycles. The molecular weight excluding hydrogens is 491 g/mol. The standard InChI is InChI=1S/C25H28F3N5O4/c26-25(27,28)37-18-1-2-19(20(29)13-18)23(34)32-7-3-17(4-8-32)33-21-12-16(11-15-5-9-36-10-6-15)14-30-22(21)31-24(33)35/h1-2,12-15,17H,3-11,29H2,(H,30,31,35). The SMILES string of the molecule is Nc1cc(OC(F)(F)F)ccc1C(=O)N1CCC(n2c(=O)[nH]c3ncc(CC4CCOCC4)cc32)CC1. The highest BCUT2D eigenvalue weighted by molar-refractivity contribution is 5.99. The minimum Gasteiger partial charge on any atom is -0.406 e. The summed E-state index contributed by atoms with van der Waals surface area (Å²) in [5.41, 5.74) is 8.00. The Bertz CT molecular complexity index is 1340. The van der Waals surface area contributed by atoms with E-state index in [1.165, 1.54) is 6.07 Å². The van der Waals surface area contributed by atoms with Gasteiger partial charge in [0.1, 0.15) is 5.75 Å². The second-order valence-electron chi connectivity index (χ2n) is 9.59. The van der Waals surface area contributed by atoms with Crippen molar-refractivity contribution in [3.8, 4) is 5.75 Å². The molecule has 2 aromatic heterocycles. The van der Waals surface area contributed by atoms with Crippen LogP contribution in [-0.2, 0) is 11.2 Å². The van der Waals surface area contributed by atoms with Crippen molar-refractivity contribution in [2.75, 3.05) is 32.0 Å². The van der Waals surface area contributed by atoms with E-state index in [-0.39, 0.29) is 28.9 Å². The number of H-pyrrole nitrogens is 1. The van der Waals surface area contributed by atoms with Crippen molar-refractivity contribution in [1.29, 1.82) is 0 Å². The summed E-state index contributed by atoms with van der Waals surface area (Å²) in [5.74, 6) is -0.326. The number of pyridine rings is 1. The Morgan fingerprint density at radius 1 is 1.16 bits per heavy atom. The number of aromatic amines is 1. The fourth-order valence-corrected chi connectivity index (χ4v) is 5.23. The molecule has 0 unspecified atom stereocenters. The molecule has 198 valence electrons. The minimum absolute atomic E-state index is 0.0927. The van der Waals surface area contributed by atoms with Gasteiger partial charge in [-0.15, -0.1) is 13.2 Å². The number of fused-ring (bicyclic) bond motifs is 1. The van der Waals surface area contributed by atoms with Crippen LogP contribution in [0.5, 0.6) is 5.75 Å². The number of nitrogens with zero attached hydrogens (tertiary/aromatic N) is 3. The maximum Gasteiger partial charge on any atom is 0.573 e. The molecule has 0 aliphatic carbocycles. The predicted octanol–water partition coefficient (Wildman–Crippen LogP) is 3.65. The van der Waals surface area contributed by atoms with Crippen LogP contribution < -0.4 is 16.2 Å². The monoisotopic (exact) mass is 519 g/mol. The summed E-state index contributed by atoms with van der Waals surface area (Å²) in [6.07, 6.45) is 0.944. The first-order valence-electron chi connectivity index (χ1n) is 12.3. The number of alkyl halides is 3. The van der Waals surface area contributed by atoms with Crippen molar-refractivity contribution < 1.29 is 27.4 Å². The Balaban J connectivity index is 1.28. The first-order chi connectivity index (χ1) is 17.7. The minimum atomic E-state index is -4.85. The van der Waals surface area contributed by atoms with E-state index in [0.717, 1.165) is 55.7 Å². The number of ether oxygens (including phenoxy) is 2. The van der Waals surface area contributed by atoms with Gasteiger partial charge in [-0.2, -0.15) is 0 Å². The van der Waals surface area contributed by atoms with Crippen molar-refractivity contribution >= 4 is 22.8 Å². The molecule has 0 radical (unpaired) electrons. The van der Waals surface area contributed by atoms with Gasteiger partial charge in [0.2, 0.25) is 0 Å². The highest BCUT2D eigenvalue weighted by Gasteiger charge is 2.32. The van der Waals surface area contributed by atoms with E-state index in [4.69, 9.17) is 10.5 Å². The summed E-state index contributed by atoms with van der Waals surface area (Å²) in [7, 11) is 0. The van der Waals surface area contributed by atoms with Gasteiger partial charge in [0, 0.05) is 50.3 Å². The molecule has 0 bridgehead atoms. The molecule has 12 heteroatoms. The summed E-state index contributed by atoms with van der Waals surface area (Å²) >= 11 is 0. The number of piperidine rings is 1. The Morgan fingerprint density at radius 2 is 1.89 bits per heavy atom. The van der Waals surface area contributed by atoms with Crippen LogP contribution in [0, 0.1) is 5.92 Å². The summed E-state index contributed by atoms with van der Waals surface area (Å²) in [5, 5.41) is 0. The number of rotatable bonds is 5. The normalized spacial score (nSPS) is 17.9. The average molecular weight is 520 g/mol. The van der Waals surface area contributed by atoms with Crippen molar-refractivity contribution in [3.05, 3.63) is 52.1 Å². The zero-order chi connectivity index (χ0) is 26.2. The molecule has 4 heterocycles. The molecule has 2 aliphatic rings. The van der Waals surface area contributed by atoms with Gasteiger partial charge < -0.3 is 20.1 Å². The van der Waals surface area contributed by atoms with Gasteiger partial charge in [0.25, 0.3) is 5.91 Å². The number of halogens is 3. The van der Waals surface area contributed by atoms with Crippen LogP contribution in [-0.4, -0.2) is 58.0 Å². The molecule has 9 nitrogen and oxygen atoms in total. The lowest BCUT2D eigenvalue weighted by Gasteiger charge is -2.33. The average Bonchev–Trinajstić information content (AvgIpc) is 3.18. The van der Waals surface area contributed by atoms with Gasteiger partial charge in [-0.3, -0.25) is 14.3 Å². The van der Waals surface area contributed by atoms with E-state index in [9.17, 15) is 22.8 Å². The number of hydrogen-bond acceptors (Lipinski definition) is 6. The number of carbonyl (C=O) groups excluding carboxylic acids is 1. The van der Waals surface area contributed by atoms with Crippen LogP contribution >= 0.6 is 0 Å². The lowest BCUT2D eigenvalue weighted by molar-refractivity contribution is -0.274. The summed E-state index contributed by atoms with van der Waals surface area (Å²) in [6, 6.07) is 5.20. The molecule has 2 saturated heterocycles. The van der Waals surface area contributed by atoms with Crippen molar-refractivity contribution in [2.24, 2.45) is 5.92 Å². The smallest absolute Gasteiger partial charge is 0.406 e. The lowest BCUT2D eigenvalue weighted by Crippen LogP contribution is -2.40. The van der Waals surface area contributed by atoms with Crippen molar-refractivity contribution in [1.82, 2.24) is 19.4 Å². The molecule has 3 N–H and O–H groups in total. The van der Waals surface area contributed by atoms with Crippen LogP contribution in [0.15, 0.2) is 35.3 Å². The molecule has 2 aliphatic heterocycles. The van der Waals surface area contributed by atoms with Gasteiger partial charge in [0.05, 0.1) is 11.1 Å². The fourth-order valence-electron chi connectivity index (χ4n) is 5.23. The number of benzene rings is 1. The molecule has 0 spiro atoms. The number of carbonyl (C=O) groups is 1. The van der Waals surface area contributed by atoms with Crippen molar-refractivity contribution in [2.45, 2.75) is 44.5 Å². The van der Waals surface area contributed by atoms with Crippen molar-refractivity contribution in [3.63, 3.8) is 0 Å². The molecule has 37 heavy (non-hydrogen) atoms. The second-order valence-corrected chi connectivity index (χ2v) is 9.59. The highest BCUT2D eigenvalue weighted by atomic mass is 19.4. The van der Waals surface area contributed by atoms with E-state index in [1.54, 1.807) is 9.47 Å². The Hall–Kier alpha value is -3.54. The second kappa shape index (κ2) is 10.1. The van der Waals surface area contributed by atoms with Gasteiger partial charge in [0.15, 0.2) is 5.65 Å². The summed E-state index contributed by atoms with van der Waals surface area (Å²) in [4.78, 5) is 34.7. The zero-order valence-electron chi connectivity index (χ0n) is 20.1. The van der Waals surface area contributed by atoms with Crippen LogP contribution in [0.1, 0.15) is 47.6 Å². The van der Waals surface area contributed by atoms with E-state index >= 15 is 0 Å². The van der Waals surface area contributed by atoms with Gasteiger partial charge in [-0.1, -0.05) is 0 Å². The number of amides is 1. The number of nitrogen functional groups attached to an aromatic ring is 1. The van der Waals surface area contributed by atoms with Crippen LogP contribution in [0.4, 0.5) is 18.9 Å². The van der Waals surface area contributed by atoms with Crippen LogP contribution in [0.25, 0.3) is 11.2 Å². The molecule has 1 amide bonds. The Morgan fingerprint density at radius 3 is 2.57 bits per heavy atom. The van der Waals surface area contributed by atoms with E-state index in [2.05, 4.69) is 14.7 Å². The zero-order valence-corrected chi connectivity index (χ0v) is 20.1. The summed E-state index contributed by atoms with van der Waals surface area (Å²) < 4.78 is 48.4. The number of imidazole rings is 1. The topological polar surface area (TPSA) is 115 Å². The molecule has 1 aromatic carbocycles. The number of nitrogens with two attached hydrogens (primary N) is 1. The largest absolute Gasteiger partial charge is 0.573 e. The number of hydrogen-bond donors (Lipinski definition) is 2. The molecular formula is C25H28F3N5O4. The third-order valence-electron chi connectivity index (χ3n) is 7.10. The number of anilines is 1. The fraction of sp³-hybridized carbons (Fsp3) is 0.480. The summed E-state index contributed by atoms with van der Waals surface area (Å²) in [6.45, 7) is 2.28. The van der Waals surface area contributed by atoms with Gasteiger partial charge in [-0.25, -0.2) is 9.78 Å². The first-order valence-corrected chi connectivity index (χ1v) is 12.3. The van der Waals surface area contributed by atoms with Crippen LogP contribution in [0.3, 0.4) is 0 Å². The predicted molar refractivity (Wildman–Crippen MR) is 129 cm³/mol. The third kappa shape index (κ3) is 5.58. The molecule has 5 rings (SSSR count). The molecule has 2 fully saturated rings. The number of likely N-dealkylation sites (tertiary alicyclic amines) is 1. The number of aromatic nitrogens is 3. The number of nitrogens with one attached hydrogen (secondary N) is 1. The van der Waals surface area contributed by atoms with Crippen LogP contribution in [0.2, 0.25) is 0 Å². The van der Waals surface area contributed by atoms with E-state index in [0.29, 0.717) is 37.5 Å². The molecule has 3 aromatic rings. The maximum absolute atomic E-state index is 13.0. The van der Waals surface area contributed by atoms with E-state index < -0.39 is 12.1 Å². The van der Waals surface area contributed by atoms with Gasteiger partial charge >= 0.3 is 12.1 Å². The molecule has 0 atom stereocenters. The van der Waals surface area contributed by atoms with E-state index in [1.807, 2.05) is 12.3 Å². The Labute approximate surface area is 210 Å². The maximum atomic E-state index is 13.0. The Kier molecular flexibility index (Phi) is 6.84.